The third kappa shape index (κ3) is 6.47. The summed E-state index contributed by atoms with van der Waals surface area (Å²) in [7, 11) is 1.50. The number of rotatable bonds is 6. The van der Waals surface area contributed by atoms with Crippen molar-refractivity contribution in [2.45, 2.75) is 31.7 Å². The number of nitrogens with zero attached hydrogens (tertiary/aromatic N) is 1. The maximum Gasteiger partial charge on any atom is 0.349 e. The summed E-state index contributed by atoms with van der Waals surface area (Å²) in [4.78, 5) is 35.4. The Morgan fingerprint density at radius 3 is 2.70 bits per heavy atom. The first-order valence-corrected chi connectivity index (χ1v) is 8.55. The van der Waals surface area contributed by atoms with Gasteiger partial charge in [0.2, 0.25) is 0 Å². The van der Waals surface area contributed by atoms with Crippen LogP contribution >= 0.6 is 0 Å². The molecule has 1 aliphatic rings. The topological polar surface area (TPSA) is 118 Å². The number of ether oxygens (including phenoxy) is 2. The van der Waals surface area contributed by atoms with Crippen LogP contribution in [-0.2, 0) is 14.3 Å². The molecule has 0 radical (unpaired) electrons. The van der Waals surface area contributed by atoms with Gasteiger partial charge in [-0.25, -0.2) is 9.59 Å². The molecule has 1 aromatic carbocycles. The molecule has 142 valence electrons. The van der Waals surface area contributed by atoms with Crippen LogP contribution in [0.1, 0.15) is 31.2 Å². The fourth-order valence-corrected chi connectivity index (χ4v) is 2.70. The maximum absolute atomic E-state index is 12.0. The molecule has 0 unspecified atom stereocenters. The minimum absolute atomic E-state index is 0.0661. The van der Waals surface area contributed by atoms with E-state index >= 15 is 0 Å². The van der Waals surface area contributed by atoms with Crippen molar-refractivity contribution >= 4 is 24.0 Å². The molecular formula is C19H21N3O5. The molecule has 1 aliphatic carbocycles. The van der Waals surface area contributed by atoms with Crippen molar-refractivity contribution in [1.29, 1.82) is 5.26 Å². The monoisotopic (exact) mass is 371 g/mol. The molecule has 1 fully saturated rings. The number of carbonyl (C=O) groups is 3. The van der Waals surface area contributed by atoms with Gasteiger partial charge >= 0.3 is 12.0 Å². The third-order valence-corrected chi connectivity index (χ3v) is 4.02. The zero-order chi connectivity index (χ0) is 19.6. The van der Waals surface area contributed by atoms with Gasteiger partial charge in [-0.15, -0.1) is 0 Å². The molecule has 0 heterocycles. The lowest BCUT2D eigenvalue weighted by Gasteiger charge is -2.12. The predicted molar refractivity (Wildman–Crippen MR) is 96.5 cm³/mol. The van der Waals surface area contributed by atoms with Crippen molar-refractivity contribution in [3.05, 3.63) is 35.4 Å². The Kier molecular flexibility index (Phi) is 7.37. The first kappa shape index (κ1) is 20.0. The molecule has 2 N–H and O–H groups in total. The highest BCUT2D eigenvalue weighted by Gasteiger charge is 2.19. The van der Waals surface area contributed by atoms with Gasteiger partial charge in [-0.3, -0.25) is 10.1 Å². The first-order chi connectivity index (χ1) is 13.0. The molecule has 0 spiro atoms. The lowest BCUT2D eigenvalue weighted by Crippen LogP contribution is -2.45. The second kappa shape index (κ2) is 9.97. The number of urea groups is 1. The van der Waals surface area contributed by atoms with Gasteiger partial charge in [0.1, 0.15) is 17.4 Å². The van der Waals surface area contributed by atoms with Gasteiger partial charge in [-0.2, -0.15) is 5.26 Å². The Morgan fingerprint density at radius 2 is 2.04 bits per heavy atom. The van der Waals surface area contributed by atoms with Crippen LogP contribution in [0.2, 0.25) is 0 Å². The van der Waals surface area contributed by atoms with E-state index in [0.717, 1.165) is 25.7 Å². The largest absolute Gasteiger partial charge is 0.497 e. The third-order valence-electron chi connectivity index (χ3n) is 4.02. The highest BCUT2D eigenvalue weighted by Crippen LogP contribution is 2.17. The summed E-state index contributed by atoms with van der Waals surface area (Å²) in [5, 5.41) is 13.9. The lowest BCUT2D eigenvalue weighted by atomic mass is 10.1. The van der Waals surface area contributed by atoms with Gasteiger partial charge in [-0.1, -0.05) is 25.0 Å². The van der Waals surface area contributed by atoms with Crippen LogP contribution in [-0.4, -0.2) is 37.7 Å². The van der Waals surface area contributed by atoms with Crippen molar-refractivity contribution < 1.29 is 23.9 Å². The number of amides is 3. The van der Waals surface area contributed by atoms with Crippen LogP contribution in [0.25, 0.3) is 6.08 Å². The molecule has 0 atom stereocenters. The SMILES string of the molecule is COc1cccc(/C=C(\C#N)C(=O)OCC(=O)NC(=O)NC2CCCC2)c1. The average Bonchev–Trinajstić information content (AvgIpc) is 3.17. The summed E-state index contributed by atoms with van der Waals surface area (Å²) in [6.45, 7) is -0.659. The molecule has 27 heavy (non-hydrogen) atoms. The number of carbonyl (C=O) groups excluding carboxylic acids is 3. The number of imide groups is 1. The second-order valence-corrected chi connectivity index (χ2v) is 6.03. The van der Waals surface area contributed by atoms with Crippen molar-refractivity contribution in [3.8, 4) is 11.8 Å². The quantitative estimate of drug-likeness (QED) is 0.448. The Balaban J connectivity index is 1.85. The van der Waals surface area contributed by atoms with Gasteiger partial charge in [0.15, 0.2) is 6.61 Å². The van der Waals surface area contributed by atoms with E-state index in [-0.39, 0.29) is 11.6 Å². The van der Waals surface area contributed by atoms with E-state index in [1.807, 2.05) is 0 Å². The van der Waals surface area contributed by atoms with Crippen molar-refractivity contribution in [3.63, 3.8) is 0 Å². The van der Waals surface area contributed by atoms with Crippen LogP contribution in [0.3, 0.4) is 0 Å². The first-order valence-electron chi connectivity index (χ1n) is 8.55. The van der Waals surface area contributed by atoms with Gasteiger partial charge in [0.25, 0.3) is 5.91 Å². The number of hydrogen-bond acceptors (Lipinski definition) is 6. The molecule has 0 saturated heterocycles. The van der Waals surface area contributed by atoms with Gasteiger partial charge in [0.05, 0.1) is 7.11 Å². The van der Waals surface area contributed by atoms with E-state index in [1.165, 1.54) is 13.2 Å². The Labute approximate surface area is 157 Å². The zero-order valence-corrected chi connectivity index (χ0v) is 15.0. The number of nitrogens with one attached hydrogen (secondary N) is 2. The van der Waals surface area contributed by atoms with Gasteiger partial charge in [-0.05, 0) is 36.6 Å². The second-order valence-electron chi connectivity index (χ2n) is 6.03. The van der Waals surface area contributed by atoms with Crippen LogP contribution in [0.4, 0.5) is 4.79 Å². The molecule has 0 aromatic heterocycles. The fourth-order valence-electron chi connectivity index (χ4n) is 2.70. The molecule has 2 rings (SSSR count). The lowest BCUT2D eigenvalue weighted by molar-refractivity contribution is -0.144. The summed E-state index contributed by atoms with van der Waals surface area (Å²) in [5.74, 6) is -1.15. The standard InChI is InChI=1S/C19H21N3O5/c1-26-16-8-4-5-13(10-16)9-14(11-20)18(24)27-12-17(23)22-19(25)21-15-6-2-3-7-15/h4-5,8-10,15H,2-3,6-7,12H2,1H3,(H2,21,22,23,25)/b14-9+. The number of esters is 1. The van der Waals surface area contributed by atoms with Crippen LogP contribution in [0.15, 0.2) is 29.8 Å². The minimum atomic E-state index is -0.952. The zero-order valence-electron chi connectivity index (χ0n) is 15.0. The highest BCUT2D eigenvalue weighted by molar-refractivity contribution is 6.00. The van der Waals surface area contributed by atoms with Crippen LogP contribution < -0.4 is 15.4 Å². The summed E-state index contributed by atoms with van der Waals surface area (Å²) in [5.41, 5.74) is 0.301. The van der Waals surface area contributed by atoms with Crippen LogP contribution in [0.5, 0.6) is 5.75 Å². The summed E-state index contributed by atoms with van der Waals surface area (Å²) in [6, 6.07) is 7.95. The molecule has 0 aliphatic heterocycles. The Hall–Kier alpha value is -3.34. The number of nitriles is 1. The molecule has 1 aromatic rings. The normalized spacial score (nSPS) is 14.1. The van der Waals surface area contributed by atoms with Crippen molar-refractivity contribution in [2.24, 2.45) is 0 Å². The maximum atomic E-state index is 12.0. The average molecular weight is 371 g/mol. The molecule has 0 bridgehead atoms. The van der Waals surface area contributed by atoms with E-state index in [2.05, 4.69) is 10.6 Å². The number of benzene rings is 1. The van der Waals surface area contributed by atoms with E-state index in [9.17, 15) is 14.4 Å². The predicted octanol–water partition coefficient (Wildman–Crippen LogP) is 1.91. The highest BCUT2D eigenvalue weighted by atomic mass is 16.5. The molecular weight excluding hydrogens is 350 g/mol. The van der Waals surface area contributed by atoms with Gasteiger partial charge in [0, 0.05) is 6.04 Å². The van der Waals surface area contributed by atoms with E-state index < -0.39 is 24.5 Å². The summed E-state index contributed by atoms with van der Waals surface area (Å²) in [6.07, 6.45) is 5.20. The minimum Gasteiger partial charge on any atom is -0.497 e. The fraction of sp³-hybridized carbons (Fsp3) is 0.368. The van der Waals surface area contributed by atoms with E-state index in [4.69, 9.17) is 14.7 Å². The summed E-state index contributed by atoms with van der Waals surface area (Å²) < 4.78 is 9.88. The molecule has 3 amide bonds. The van der Waals surface area contributed by atoms with Gasteiger partial charge < -0.3 is 14.8 Å². The summed E-state index contributed by atoms with van der Waals surface area (Å²) >= 11 is 0. The van der Waals surface area contributed by atoms with Crippen molar-refractivity contribution in [2.75, 3.05) is 13.7 Å². The van der Waals surface area contributed by atoms with E-state index in [0.29, 0.717) is 11.3 Å². The smallest absolute Gasteiger partial charge is 0.349 e. The number of hydrogen-bond donors (Lipinski definition) is 2. The molecule has 1 saturated carbocycles. The van der Waals surface area contributed by atoms with E-state index in [1.54, 1.807) is 30.3 Å². The van der Waals surface area contributed by atoms with Crippen molar-refractivity contribution in [1.82, 2.24) is 10.6 Å². The number of methoxy groups -OCH3 is 1. The Bertz CT molecular complexity index is 776. The Morgan fingerprint density at radius 1 is 1.30 bits per heavy atom. The molecule has 8 nitrogen and oxygen atoms in total. The molecule has 8 heteroatoms. The van der Waals surface area contributed by atoms with Crippen LogP contribution in [0, 0.1) is 11.3 Å².